The lowest BCUT2D eigenvalue weighted by Gasteiger charge is -2.43. The summed E-state index contributed by atoms with van der Waals surface area (Å²) in [6.07, 6.45) is 2.85. The zero-order valence-electron chi connectivity index (χ0n) is 12.9. The first kappa shape index (κ1) is 15.3. The van der Waals surface area contributed by atoms with E-state index in [1.54, 1.807) is 0 Å². The average Bonchev–Trinajstić information content (AvgIpc) is 2.41. The van der Waals surface area contributed by atoms with Crippen LogP contribution in [-0.2, 0) is 0 Å². The fourth-order valence-corrected chi connectivity index (χ4v) is 3.13. The summed E-state index contributed by atoms with van der Waals surface area (Å²) in [6, 6.07) is 10.8. The van der Waals surface area contributed by atoms with Crippen molar-refractivity contribution in [2.45, 2.75) is 57.7 Å². The predicted octanol–water partition coefficient (Wildman–Crippen LogP) is 3.83. The molecule has 2 heteroatoms. The molecular weight excluding hydrogens is 246 g/mol. The minimum absolute atomic E-state index is 0.119. The maximum absolute atomic E-state index is 10.6. The van der Waals surface area contributed by atoms with Gasteiger partial charge in [-0.05, 0) is 51.5 Å². The molecule has 0 unspecified atom stereocenters. The fourth-order valence-electron chi connectivity index (χ4n) is 3.13. The van der Waals surface area contributed by atoms with E-state index in [1.165, 1.54) is 11.1 Å². The van der Waals surface area contributed by atoms with Crippen molar-refractivity contribution in [2.24, 2.45) is 5.92 Å². The van der Waals surface area contributed by atoms with Crippen molar-refractivity contribution < 1.29 is 5.11 Å². The second-order valence-corrected chi connectivity index (χ2v) is 6.53. The van der Waals surface area contributed by atoms with E-state index >= 15 is 0 Å². The molecule has 0 bridgehead atoms. The maximum Gasteiger partial charge on any atom is 0.0772 e. The van der Waals surface area contributed by atoms with Crippen LogP contribution in [0.5, 0.6) is 0 Å². The first-order valence-electron chi connectivity index (χ1n) is 7.59. The molecule has 1 aliphatic rings. The smallest absolute Gasteiger partial charge is 0.0772 e. The van der Waals surface area contributed by atoms with Crippen LogP contribution in [-0.4, -0.2) is 16.7 Å². The highest BCUT2D eigenvalue weighted by molar-refractivity contribution is 5.19. The van der Waals surface area contributed by atoms with E-state index < -0.39 is 5.60 Å². The third kappa shape index (κ3) is 3.50. The normalized spacial score (nSPS) is 31.8. The SMILES string of the molecule is C=C(C)[C@H]1CC[C@@](C)(O)[C@H](N[C@H](C)c2ccccc2)C1. The van der Waals surface area contributed by atoms with Gasteiger partial charge in [0.2, 0.25) is 0 Å². The largest absolute Gasteiger partial charge is 0.389 e. The Bertz CT molecular complexity index is 452. The number of allylic oxidation sites excluding steroid dienone is 1. The molecule has 1 aliphatic carbocycles. The van der Waals surface area contributed by atoms with Crippen LogP contribution in [0.25, 0.3) is 0 Å². The monoisotopic (exact) mass is 273 g/mol. The summed E-state index contributed by atoms with van der Waals surface area (Å²) in [5.74, 6) is 0.524. The van der Waals surface area contributed by atoms with E-state index in [-0.39, 0.29) is 12.1 Å². The van der Waals surface area contributed by atoms with Gasteiger partial charge in [-0.25, -0.2) is 0 Å². The number of hydrogen-bond donors (Lipinski definition) is 2. The van der Waals surface area contributed by atoms with Gasteiger partial charge >= 0.3 is 0 Å². The lowest BCUT2D eigenvalue weighted by atomic mass is 9.73. The van der Waals surface area contributed by atoms with Crippen LogP contribution in [0.15, 0.2) is 42.5 Å². The third-order valence-electron chi connectivity index (χ3n) is 4.72. The Kier molecular flexibility index (Phi) is 4.66. The molecule has 0 aromatic heterocycles. The van der Waals surface area contributed by atoms with E-state index in [2.05, 4.69) is 50.0 Å². The van der Waals surface area contributed by atoms with E-state index in [0.717, 1.165) is 19.3 Å². The molecule has 0 aliphatic heterocycles. The molecular formula is C18H27NO. The van der Waals surface area contributed by atoms with Crippen molar-refractivity contribution in [3.8, 4) is 0 Å². The van der Waals surface area contributed by atoms with E-state index in [9.17, 15) is 5.11 Å². The van der Waals surface area contributed by atoms with Gasteiger partial charge < -0.3 is 10.4 Å². The molecule has 0 heterocycles. The van der Waals surface area contributed by atoms with Gasteiger partial charge in [-0.3, -0.25) is 0 Å². The van der Waals surface area contributed by atoms with Gasteiger partial charge in [-0.2, -0.15) is 0 Å². The molecule has 1 fully saturated rings. The lowest BCUT2D eigenvalue weighted by molar-refractivity contribution is -0.0232. The van der Waals surface area contributed by atoms with Crippen LogP contribution in [0.3, 0.4) is 0 Å². The zero-order valence-corrected chi connectivity index (χ0v) is 12.9. The molecule has 1 aromatic rings. The van der Waals surface area contributed by atoms with Crippen LogP contribution in [0.2, 0.25) is 0 Å². The first-order chi connectivity index (χ1) is 9.40. The van der Waals surface area contributed by atoms with Crippen molar-refractivity contribution in [1.82, 2.24) is 5.32 Å². The average molecular weight is 273 g/mol. The molecule has 0 saturated heterocycles. The molecule has 0 radical (unpaired) electrons. The number of nitrogens with one attached hydrogen (secondary N) is 1. The summed E-state index contributed by atoms with van der Waals surface area (Å²) >= 11 is 0. The van der Waals surface area contributed by atoms with Gasteiger partial charge in [-0.1, -0.05) is 42.5 Å². The van der Waals surface area contributed by atoms with E-state index in [4.69, 9.17) is 0 Å². The summed E-state index contributed by atoms with van der Waals surface area (Å²) in [5.41, 5.74) is 1.87. The van der Waals surface area contributed by atoms with Gasteiger partial charge in [-0.15, -0.1) is 0 Å². The Hall–Kier alpha value is -1.12. The van der Waals surface area contributed by atoms with Crippen LogP contribution in [0.4, 0.5) is 0 Å². The molecule has 0 amide bonds. The van der Waals surface area contributed by atoms with Crippen molar-refractivity contribution in [3.63, 3.8) is 0 Å². The molecule has 2 N–H and O–H groups in total. The number of hydrogen-bond acceptors (Lipinski definition) is 2. The number of aliphatic hydroxyl groups is 1. The minimum Gasteiger partial charge on any atom is -0.389 e. The topological polar surface area (TPSA) is 32.3 Å². The Labute approximate surface area is 122 Å². The van der Waals surface area contributed by atoms with Crippen LogP contribution >= 0.6 is 0 Å². The number of rotatable bonds is 4. The minimum atomic E-state index is -0.630. The maximum atomic E-state index is 10.6. The van der Waals surface area contributed by atoms with E-state index in [0.29, 0.717) is 5.92 Å². The van der Waals surface area contributed by atoms with Crippen molar-refractivity contribution in [1.29, 1.82) is 0 Å². The Morgan fingerprint density at radius 1 is 1.40 bits per heavy atom. The highest BCUT2D eigenvalue weighted by Crippen LogP contribution is 2.36. The standard InChI is InChI=1S/C18H27NO/c1-13(2)16-10-11-18(4,20)17(12-16)19-14(3)15-8-6-5-7-9-15/h5-9,14,16-17,19-20H,1,10-12H2,2-4H3/t14-,16+,17-,18-/m1/s1. The van der Waals surface area contributed by atoms with Gasteiger partial charge in [0, 0.05) is 12.1 Å². The summed E-state index contributed by atoms with van der Waals surface area (Å²) in [6.45, 7) is 10.3. The Morgan fingerprint density at radius 2 is 2.05 bits per heavy atom. The van der Waals surface area contributed by atoms with Crippen molar-refractivity contribution >= 4 is 0 Å². The van der Waals surface area contributed by atoms with Crippen molar-refractivity contribution in [3.05, 3.63) is 48.0 Å². The van der Waals surface area contributed by atoms with Gasteiger partial charge in [0.05, 0.1) is 5.60 Å². The summed E-state index contributed by atoms with van der Waals surface area (Å²) in [4.78, 5) is 0. The highest BCUT2D eigenvalue weighted by Gasteiger charge is 2.39. The second kappa shape index (κ2) is 6.11. The van der Waals surface area contributed by atoms with Crippen molar-refractivity contribution in [2.75, 3.05) is 0 Å². The molecule has 0 spiro atoms. The first-order valence-corrected chi connectivity index (χ1v) is 7.59. The summed E-state index contributed by atoms with van der Waals surface area (Å²) in [7, 11) is 0. The number of benzene rings is 1. The molecule has 2 nitrogen and oxygen atoms in total. The zero-order chi connectivity index (χ0) is 14.8. The molecule has 110 valence electrons. The summed E-state index contributed by atoms with van der Waals surface area (Å²) < 4.78 is 0. The van der Waals surface area contributed by atoms with Gasteiger partial charge in [0.15, 0.2) is 0 Å². The highest BCUT2D eigenvalue weighted by atomic mass is 16.3. The Balaban J connectivity index is 2.07. The second-order valence-electron chi connectivity index (χ2n) is 6.53. The van der Waals surface area contributed by atoms with E-state index in [1.807, 2.05) is 13.0 Å². The molecule has 1 saturated carbocycles. The van der Waals surface area contributed by atoms with Crippen LogP contribution in [0, 0.1) is 5.92 Å². The van der Waals surface area contributed by atoms with Gasteiger partial charge in [0.1, 0.15) is 0 Å². The predicted molar refractivity (Wildman–Crippen MR) is 84.6 cm³/mol. The lowest BCUT2D eigenvalue weighted by Crippen LogP contribution is -2.53. The molecule has 1 aromatic carbocycles. The van der Waals surface area contributed by atoms with Crippen LogP contribution < -0.4 is 5.32 Å². The Morgan fingerprint density at radius 3 is 2.65 bits per heavy atom. The third-order valence-corrected chi connectivity index (χ3v) is 4.72. The fraction of sp³-hybridized carbons (Fsp3) is 0.556. The summed E-state index contributed by atoms with van der Waals surface area (Å²) in [5, 5.41) is 14.3. The molecule has 2 rings (SSSR count). The molecule has 4 atom stereocenters. The quantitative estimate of drug-likeness (QED) is 0.817. The van der Waals surface area contributed by atoms with Crippen LogP contribution in [0.1, 0.15) is 51.6 Å². The molecule has 20 heavy (non-hydrogen) atoms. The van der Waals surface area contributed by atoms with Gasteiger partial charge in [0.25, 0.3) is 0 Å².